The van der Waals surface area contributed by atoms with Gasteiger partial charge in [0, 0.05) is 43.3 Å². The Kier molecular flexibility index (Phi) is 4.80. The van der Waals surface area contributed by atoms with Gasteiger partial charge >= 0.3 is 0 Å². The Bertz CT molecular complexity index is 584. The van der Waals surface area contributed by atoms with Crippen LogP contribution >= 0.6 is 0 Å². The van der Waals surface area contributed by atoms with Crippen LogP contribution < -0.4 is 5.32 Å². The number of aromatic nitrogens is 3. The lowest BCUT2D eigenvalue weighted by Gasteiger charge is -2.31. The molecule has 6 nitrogen and oxygen atoms in total. The zero-order chi connectivity index (χ0) is 15.2. The van der Waals surface area contributed by atoms with Gasteiger partial charge in [-0.05, 0) is 37.1 Å². The molecule has 0 saturated carbocycles. The predicted octanol–water partition coefficient (Wildman–Crippen LogP) is 1.30. The number of hydrogen-bond donors (Lipinski definition) is 2. The molecule has 2 aromatic heterocycles. The number of pyridine rings is 1. The molecule has 2 N–H and O–H groups in total. The molecule has 1 fully saturated rings. The largest absolute Gasteiger partial charge is 0.351 e. The number of H-pyrrole nitrogens is 1. The van der Waals surface area contributed by atoms with Crippen molar-refractivity contribution < 1.29 is 4.79 Å². The number of amides is 1. The molecular weight excluding hydrogens is 278 g/mol. The Balaban J connectivity index is 1.47. The van der Waals surface area contributed by atoms with E-state index in [4.69, 9.17) is 0 Å². The van der Waals surface area contributed by atoms with E-state index in [2.05, 4.69) is 25.4 Å². The first kappa shape index (κ1) is 14.7. The minimum atomic E-state index is 0.0640. The van der Waals surface area contributed by atoms with Crippen molar-refractivity contribution in [1.82, 2.24) is 25.4 Å². The molecule has 1 atom stereocenters. The maximum Gasteiger partial charge on any atom is 0.234 e. The van der Waals surface area contributed by atoms with Crippen molar-refractivity contribution in [3.8, 4) is 0 Å². The standard InChI is InChI=1S/C16H21N5O/c22-16(18-10-13-3-1-6-17-9-13)12-21-8-2-4-14(11-21)15-5-7-19-20-15/h1,3,5-7,9,14H,2,4,8,10-12H2,(H,18,22)(H,19,20)/t14-/m1/s1. The van der Waals surface area contributed by atoms with Crippen LogP contribution in [0.15, 0.2) is 36.8 Å². The topological polar surface area (TPSA) is 73.9 Å². The van der Waals surface area contributed by atoms with Crippen molar-refractivity contribution in [3.05, 3.63) is 48.0 Å². The van der Waals surface area contributed by atoms with Crippen molar-refractivity contribution in [2.24, 2.45) is 0 Å². The molecule has 1 amide bonds. The molecule has 0 radical (unpaired) electrons. The number of carbonyl (C=O) groups is 1. The Labute approximate surface area is 129 Å². The molecule has 2 aromatic rings. The summed E-state index contributed by atoms with van der Waals surface area (Å²) in [5.74, 6) is 0.511. The van der Waals surface area contributed by atoms with Gasteiger partial charge in [-0.2, -0.15) is 5.10 Å². The molecule has 1 aliphatic heterocycles. The molecule has 0 unspecified atom stereocenters. The summed E-state index contributed by atoms with van der Waals surface area (Å²) in [6.45, 7) is 2.86. The van der Waals surface area contributed by atoms with E-state index in [0.29, 0.717) is 19.0 Å². The highest BCUT2D eigenvalue weighted by atomic mass is 16.2. The normalized spacial score (nSPS) is 19.0. The number of rotatable bonds is 5. The van der Waals surface area contributed by atoms with E-state index >= 15 is 0 Å². The van der Waals surface area contributed by atoms with E-state index in [1.165, 1.54) is 5.69 Å². The maximum absolute atomic E-state index is 12.1. The van der Waals surface area contributed by atoms with E-state index in [0.717, 1.165) is 31.5 Å². The van der Waals surface area contributed by atoms with Crippen LogP contribution in [0.2, 0.25) is 0 Å². The Morgan fingerprint density at radius 1 is 1.41 bits per heavy atom. The Morgan fingerprint density at radius 2 is 2.36 bits per heavy atom. The molecule has 22 heavy (non-hydrogen) atoms. The van der Waals surface area contributed by atoms with Crippen LogP contribution in [0, 0.1) is 0 Å². The average Bonchev–Trinajstić information content (AvgIpc) is 3.09. The van der Waals surface area contributed by atoms with Gasteiger partial charge in [0.15, 0.2) is 0 Å². The smallest absolute Gasteiger partial charge is 0.234 e. The lowest BCUT2D eigenvalue weighted by Crippen LogP contribution is -2.41. The fraction of sp³-hybridized carbons (Fsp3) is 0.438. The van der Waals surface area contributed by atoms with E-state index in [1.54, 1.807) is 18.6 Å². The van der Waals surface area contributed by atoms with Gasteiger partial charge in [0.05, 0.1) is 6.54 Å². The van der Waals surface area contributed by atoms with Crippen molar-refractivity contribution in [1.29, 1.82) is 0 Å². The first-order chi connectivity index (χ1) is 10.8. The molecule has 1 aliphatic rings. The monoisotopic (exact) mass is 299 g/mol. The van der Waals surface area contributed by atoms with Gasteiger partial charge in [-0.1, -0.05) is 6.07 Å². The number of nitrogens with one attached hydrogen (secondary N) is 2. The van der Waals surface area contributed by atoms with Crippen LogP contribution in [0.5, 0.6) is 0 Å². The van der Waals surface area contributed by atoms with Gasteiger partial charge in [-0.3, -0.25) is 19.8 Å². The number of piperidine rings is 1. The summed E-state index contributed by atoms with van der Waals surface area (Å²) in [6.07, 6.45) is 7.55. The lowest BCUT2D eigenvalue weighted by atomic mass is 9.95. The molecule has 3 rings (SSSR count). The van der Waals surface area contributed by atoms with E-state index in [9.17, 15) is 4.79 Å². The van der Waals surface area contributed by atoms with Crippen molar-refractivity contribution in [3.63, 3.8) is 0 Å². The number of aromatic amines is 1. The minimum absolute atomic E-state index is 0.0640. The second kappa shape index (κ2) is 7.17. The first-order valence-electron chi connectivity index (χ1n) is 7.68. The van der Waals surface area contributed by atoms with Gasteiger partial charge in [0.1, 0.15) is 0 Å². The maximum atomic E-state index is 12.1. The van der Waals surface area contributed by atoms with Crippen LogP contribution in [0.3, 0.4) is 0 Å². The number of nitrogens with zero attached hydrogens (tertiary/aromatic N) is 3. The second-order valence-electron chi connectivity index (χ2n) is 5.72. The summed E-state index contributed by atoms with van der Waals surface area (Å²) in [7, 11) is 0. The lowest BCUT2D eigenvalue weighted by molar-refractivity contribution is -0.122. The van der Waals surface area contributed by atoms with Crippen LogP contribution in [-0.2, 0) is 11.3 Å². The molecule has 0 aliphatic carbocycles. The fourth-order valence-corrected chi connectivity index (χ4v) is 2.91. The summed E-state index contributed by atoms with van der Waals surface area (Å²) < 4.78 is 0. The predicted molar refractivity (Wildman–Crippen MR) is 83.1 cm³/mol. The van der Waals surface area contributed by atoms with Gasteiger partial charge in [-0.25, -0.2) is 0 Å². The average molecular weight is 299 g/mol. The zero-order valence-electron chi connectivity index (χ0n) is 12.5. The van der Waals surface area contributed by atoms with Crippen molar-refractivity contribution in [2.45, 2.75) is 25.3 Å². The number of hydrogen-bond acceptors (Lipinski definition) is 4. The van der Waals surface area contributed by atoms with Crippen LogP contribution in [0.25, 0.3) is 0 Å². The molecule has 6 heteroatoms. The Hall–Kier alpha value is -2.21. The highest BCUT2D eigenvalue weighted by molar-refractivity contribution is 5.78. The zero-order valence-corrected chi connectivity index (χ0v) is 12.5. The number of likely N-dealkylation sites (tertiary alicyclic amines) is 1. The van der Waals surface area contributed by atoms with Gasteiger partial charge in [0.25, 0.3) is 0 Å². The van der Waals surface area contributed by atoms with Crippen LogP contribution in [0.4, 0.5) is 0 Å². The van der Waals surface area contributed by atoms with E-state index in [1.807, 2.05) is 18.2 Å². The van der Waals surface area contributed by atoms with Crippen LogP contribution in [-0.4, -0.2) is 45.6 Å². The van der Waals surface area contributed by atoms with E-state index < -0.39 is 0 Å². The van der Waals surface area contributed by atoms with Gasteiger partial charge in [0.2, 0.25) is 5.91 Å². The molecule has 116 valence electrons. The second-order valence-corrected chi connectivity index (χ2v) is 5.72. The Morgan fingerprint density at radius 3 is 3.14 bits per heavy atom. The summed E-state index contributed by atoms with van der Waals surface area (Å²) in [5, 5.41) is 10.0. The number of carbonyl (C=O) groups excluding carboxylic acids is 1. The van der Waals surface area contributed by atoms with Gasteiger partial charge in [-0.15, -0.1) is 0 Å². The molecule has 0 bridgehead atoms. The first-order valence-corrected chi connectivity index (χ1v) is 7.68. The summed E-state index contributed by atoms with van der Waals surface area (Å²) >= 11 is 0. The van der Waals surface area contributed by atoms with Gasteiger partial charge < -0.3 is 5.32 Å². The molecule has 1 saturated heterocycles. The highest BCUT2D eigenvalue weighted by Crippen LogP contribution is 2.24. The van der Waals surface area contributed by atoms with Crippen molar-refractivity contribution >= 4 is 5.91 Å². The third kappa shape index (κ3) is 3.92. The van der Waals surface area contributed by atoms with Crippen LogP contribution in [0.1, 0.15) is 30.0 Å². The highest BCUT2D eigenvalue weighted by Gasteiger charge is 2.23. The summed E-state index contributed by atoms with van der Waals surface area (Å²) in [5.41, 5.74) is 2.19. The summed E-state index contributed by atoms with van der Waals surface area (Å²) in [4.78, 5) is 18.3. The SMILES string of the molecule is O=C(CN1CCC[C@@H](c2ccn[nH]2)C1)NCc1cccnc1. The molecular formula is C16H21N5O. The quantitative estimate of drug-likeness (QED) is 0.873. The van der Waals surface area contributed by atoms with Crippen molar-refractivity contribution in [2.75, 3.05) is 19.6 Å². The third-order valence-corrected chi connectivity index (χ3v) is 4.05. The minimum Gasteiger partial charge on any atom is -0.351 e. The fourth-order valence-electron chi connectivity index (χ4n) is 2.91. The molecule has 0 aromatic carbocycles. The van der Waals surface area contributed by atoms with E-state index in [-0.39, 0.29) is 5.91 Å². The third-order valence-electron chi connectivity index (χ3n) is 4.05. The summed E-state index contributed by atoms with van der Waals surface area (Å²) in [6, 6.07) is 5.86. The molecule has 0 spiro atoms. The molecule has 3 heterocycles.